The van der Waals surface area contributed by atoms with Crippen molar-refractivity contribution in [2.75, 3.05) is 19.8 Å². The van der Waals surface area contributed by atoms with Crippen LogP contribution in [0.2, 0.25) is 0 Å². The maximum Gasteiger partial charge on any atom is 0.252 e. The van der Waals surface area contributed by atoms with E-state index in [0.29, 0.717) is 18.0 Å². The molecule has 20 heavy (non-hydrogen) atoms. The highest BCUT2D eigenvalue weighted by atomic mass is 16.5. The molecule has 1 fully saturated rings. The number of unbranched alkanes of at least 4 members (excludes halogenated alkanes) is 1. The molecule has 0 spiro atoms. The molecule has 5 heteroatoms. The molecule has 5 nitrogen and oxygen atoms in total. The van der Waals surface area contributed by atoms with Gasteiger partial charge in [-0.15, -0.1) is 0 Å². The van der Waals surface area contributed by atoms with Crippen molar-refractivity contribution < 1.29 is 14.3 Å². The van der Waals surface area contributed by atoms with Gasteiger partial charge in [0.1, 0.15) is 6.10 Å². The molecule has 1 amide bonds. The maximum atomic E-state index is 11.8. The number of amides is 1. The van der Waals surface area contributed by atoms with E-state index in [1.807, 2.05) is 0 Å². The topological polar surface area (TPSA) is 60.5 Å². The third kappa shape index (κ3) is 4.49. The molecule has 0 atom stereocenters. The van der Waals surface area contributed by atoms with Gasteiger partial charge in [0.15, 0.2) is 0 Å². The summed E-state index contributed by atoms with van der Waals surface area (Å²) in [4.78, 5) is 16.0. The molecule has 0 radical (unpaired) electrons. The van der Waals surface area contributed by atoms with Gasteiger partial charge in [0, 0.05) is 31.6 Å². The second-order valence-electron chi connectivity index (χ2n) is 4.92. The van der Waals surface area contributed by atoms with E-state index in [2.05, 4.69) is 17.2 Å². The summed E-state index contributed by atoms with van der Waals surface area (Å²) >= 11 is 0. The Morgan fingerprint density at radius 1 is 1.45 bits per heavy atom. The van der Waals surface area contributed by atoms with Crippen molar-refractivity contribution in [2.24, 2.45) is 0 Å². The van der Waals surface area contributed by atoms with E-state index in [0.717, 1.165) is 38.9 Å². The third-order valence-electron chi connectivity index (χ3n) is 3.27. The lowest BCUT2D eigenvalue weighted by atomic mass is 10.1. The fourth-order valence-electron chi connectivity index (χ4n) is 2.03. The van der Waals surface area contributed by atoms with Crippen molar-refractivity contribution in [1.29, 1.82) is 0 Å². The van der Waals surface area contributed by atoms with Crippen LogP contribution in [-0.4, -0.2) is 36.8 Å². The van der Waals surface area contributed by atoms with Crippen LogP contribution in [0.25, 0.3) is 0 Å². The minimum atomic E-state index is -0.0800. The summed E-state index contributed by atoms with van der Waals surface area (Å²) in [5, 5.41) is 2.86. The Morgan fingerprint density at radius 2 is 2.25 bits per heavy atom. The average molecular weight is 278 g/mol. The van der Waals surface area contributed by atoms with Gasteiger partial charge >= 0.3 is 0 Å². The smallest absolute Gasteiger partial charge is 0.252 e. The number of nitrogens with zero attached hydrogens (tertiary/aromatic N) is 1. The molecular weight excluding hydrogens is 256 g/mol. The van der Waals surface area contributed by atoms with Gasteiger partial charge in [-0.25, -0.2) is 4.98 Å². The van der Waals surface area contributed by atoms with Crippen LogP contribution in [0.3, 0.4) is 0 Å². The first-order chi connectivity index (χ1) is 9.79. The molecule has 0 bridgehead atoms. The highest BCUT2D eigenvalue weighted by Crippen LogP contribution is 2.15. The van der Waals surface area contributed by atoms with E-state index in [4.69, 9.17) is 9.47 Å². The number of rotatable bonds is 6. The van der Waals surface area contributed by atoms with Gasteiger partial charge in [-0.3, -0.25) is 4.79 Å². The normalized spacial score (nSPS) is 15.8. The SMILES string of the molecule is CCCCNC(=O)c1ccc(OC2CCOCC2)nc1. The first kappa shape index (κ1) is 14.8. The van der Waals surface area contributed by atoms with Gasteiger partial charge in [-0.2, -0.15) is 0 Å². The first-order valence-corrected chi connectivity index (χ1v) is 7.28. The van der Waals surface area contributed by atoms with Crippen LogP contribution < -0.4 is 10.1 Å². The highest BCUT2D eigenvalue weighted by molar-refractivity contribution is 5.93. The summed E-state index contributed by atoms with van der Waals surface area (Å²) in [7, 11) is 0. The molecule has 1 aliphatic heterocycles. The third-order valence-corrected chi connectivity index (χ3v) is 3.27. The van der Waals surface area contributed by atoms with E-state index in [-0.39, 0.29) is 12.0 Å². The van der Waals surface area contributed by atoms with E-state index in [9.17, 15) is 4.79 Å². The zero-order valence-corrected chi connectivity index (χ0v) is 11.9. The predicted molar refractivity (Wildman–Crippen MR) is 75.9 cm³/mol. The minimum absolute atomic E-state index is 0.0800. The second-order valence-corrected chi connectivity index (χ2v) is 4.92. The summed E-state index contributed by atoms with van der Waals surface area (Å²) in [5.41, 5.74) is 0.570. The average Bonchev–Trinajstić information content (AvgIpc) is 2.49. The van der Waals surface area contributed by atoms with E-state index >= 15 is 0 Å². The monoisotopic (exact) mass is 278 g/mol. The molecular formula is C15H22N2O3. The van der Waals surface area contributed by atoms with Crippen molar-refractivity contribution in [3.8, 4) is 5.88 Å². The zero-order valence-electron chi connectivity index (χ0n) is 11.9. The molecule has 1 aliphatic rings. The summed E-state index contributed by atoms with van der Waals surface area (Å²) in [5.74, 6) is 0.491. The number of carbonyl (C=O) groups is 1. The molecule has 1 aromatic heterocycles. The minimum Gasteiger partial charge on any atom is -0.474 e. The standard InChI is InChI=1S/C15H22N2O3/c1-2-3-8-16-15(18)12-4-5-14(17-11-12)20-13-6-9-19-10-7-13/h4-5,11,13H,2-3,6-10H2,1H3,(H,16,18). The van der Waals surface area contributed by atoms with Crippen molar-refractivity contribution in [2.45, 2.75) is 38.7 Å². The van der Waals surface area contributed by atoms with E-state index < -0.39 is 0 Å². The van der Waals surface area contributed by atoms with Crippen molar-refractivity contribution >= 4 is 5.91 Å². The number of hydrogen-bond donors (Lipinski definition) is 1. The molecule has 0 aliphatic carbocycles. The Bertz CT molecular complexity index is 414. The molecule has 110 valence electrons. The number of nitrogens with one attached hydrogen (secondary N) is 1. The van der Waals surface area contributed by atoms with Gasteiger partial charge < -0.3 is 14.8 Å². The summed E-state index contributed by atoms with van der Waals surface area (Å²) < 4.78 is 11.0. The molecule has 1 saturated heterocycles. The summed E-state index contributed by atoms with van der Waals surface area (Å²) in [6.45, 7) is 4.27. The Kier molecular flexibility index (Phi) is 5.80. The Morgan fingerprint density at radius 3 is 2.90 bits per heavy atom. The van der Waals surface area contributed by atoms with Gasteiger partial charge in [0.25, 0.3) is 5.91 Å². The lowest BCUT2D eigenvalue weighted by Crippen LogP contribution is -2.26. The number of carbonyl (C=O) groups excluding carboxylic acids is 1. The largest absolute Gasteiger partial charge is 0.474 e. The molecule has 0 unspecified atom stereocenters. The molecule has 2 heterocycles. The number of ether oxygens (including phenoxy) is 2. The van der Waals surface area contributed by atoms with Crippen LogP contribution in [-0.2, 0) is 4.74 Å². The van der Waals surface area contributed by atoms with Crippen LogP contribution in [0, 0.1) is 0 Å². The Labute approximate surface area is 119 Å². The van der Waals surface area contributed by atoms with Crippen molar-refractivity contribution in [3.63, 3.8) is 0 Å². The lowest BCUT2D eigenvalue weighted by Gasteiger charge is -2.22. The lowest BCUT2D eigenvalue weighted by molar-refractivity contribution is 0.0237. The molecule has 0 aromatic carbocycles. The van der Waals surface area contributed by atoms with E-state index in [1.165, 1.54) is 0 Å². The van der Waals surface area contributed by atoms with Gasteiger partial charge in [-0.1, -0.05) is 13.3 Å². The zero-order chi connectivity index (χ0) is 14.2. The quantitative estimate of drug-likeness (QED) is 0.810. The van der Waals surface area contributed by atoms with Crippen LogP contribution in [0.1, 0.15) is 43.0 Å². The fourth-order valence-corrected chi connectivity index (χ4v) is 2.03. The van der Waals surface area contributed by atoms with Crippen LogP contribution in [0.4, 0.5) is 0 Å². The summed E-state index contributed by atoms with van der Waals surface area (Å²) in [6, 6.07) is 3.51. The number of hydrogen-bond acceptors (Lipinski definition) is 4. The maximum absolute atomic E-state index is 11.8. The Balaban J connectivity index is 1.83. The Hall–Kier alpha value is -1.62. The van der Waals surface area contributed by atoms with E-state index in [1.54, 1.807) is 18.3 Å². The fraction of sp³-hybridized carbons (Fsp3) is 0.600. The van der Waals surface area contributed by atoms with Crippen molar-refractivity contribution in [1.82, 2.24) is 10.3 Å². The van der Waals surface area contributed by atoms with Crippen LogP contribution in [0.15, 0.2) is 18.3 Å². The van der Waals surface area contributed by atoms with Gasteiger partial charge in [0.05, 0.1) is 18.8 Å². The first-order valence-electron chi connectivity index (χ1n) is 7.28. The van der Waals surface area contributed by atoms with Crippen LogP contribution in [0.5, 0.6) is 5.88 Å². The van der Waals surface area contributed by atoms with Gasteiger partial charge in [-0.05, 0) is 12.5 Å². The highest BCUT2D eigenvalue weighted by Gasteiger charge is 2.16. The number of pyridine rings is 1. The van der Waals surface area contributed by atoms with Crippen molar-refractivity contribution in [3.05, 3.63) is 23.9 Å². The molecule has 1 aromatic rings. The van der Waals surface area contributed by atoms with Gasteiger partial charge in [0.2, 0.25) is 5.88 Å². The molecule has 1 N–H and O–H groups in total. The van der Waals surface area contributed by atoms with Crippen LogP contribution >= 0.6 is 0 Å². The molecule has 0 saturated carbocycles. The predicted octanol–water partition coefficient (Wildman–Crippen LogP) is 2.17. The number of aromatic nitrogens is 1. The second kappa shape index (κ2) is 7.85. The molecule has 2 rings (SSSR count). The summed E-state index contributed by atoms with van der Waals surface area (Å²) in [6.07, 6.45) is 5.57.